The maximum absolute atomic E-state index is 11.2. The van der Waals surface area contributed by atoms with E-state index in [9.17, 15) is 4.79 Å². The summed E-state index contributed by atoms with van der Waals surface area (Å²) >= 11 is 3.23. The van der Waals surface area contributed by atoms with E-state index in [0.717, 1.165) is 4.48 Å². The Balaban J connectivity index is 3.44. The molecule has 0 aliphatic carbocycles. The van der Waals surface area contributed by atoms with E-state index < -0.39 is 5.60 Å². The molecule has 0 aliphatic heterocycles. The minimum absolute atomic E-state index is 0.387. The molecule has 0 heterocycles. The number of nitrogens with one attached hydrogen (secondary N) is 2. The first-order chi connectivity index (χ1) is 6.81. The molecular weight excluding hydrogens is 260 g/mol. The lowest BCUT2D eigenvalue weighted by Gasteiger charge is -2.19. The quantitative estimate of drug-likeness (QED) is 0.757. The third-order valence-corrected chi connectivity index (χ3v) is 1.57. The van der Waals surface area contributed by atoms with Crippen molar-refractivity contribution in [2.75, 3.05) is 19.6 Å². The number of ether oxygens (including phenoxy) is 1. The van der Waals surface area contributed by atoms with Crippen molar-refractivity contribution >= 4 is 22.0 Å². The zero-order valence-corrected chi connectivity index (χ0v) is 11.1. The molecule has 0 radical (unpaired) electrons. The summed E-state index contributed by atoms with van der Waals surface area (Å²) in [6.45, 7) is 11.1. The Morgan fingerprint density at radius 3 is 2.47 bits per heavy atom. The van der Waals surface area contributed by atoms with Gasteiger partial charge in [-0.15, -0.1) is 0 Å². The normalized spacial score (nSPS) is 10.9. The molecule has 4 nitrogen and oxygen atoms in total. The lowest BCUT2D eigenvalue weighted by Crippen LogP contribution is -2.36. The number of hydrogen-bond donors (Lipinski definition) is 2. The highest BCUT2D eigenvalue weighted by atomic mass is 79.9. The number of halogens is 1. The van der Waals surface area contributed by atoms with Gasteiger partial charge >= 0.3 is 6.09 Å². The van der Waals surface area contributed by atoms with Crippen LogP contribution in [0, 0.1) is 0 Å². The van der Waals surface area contributed by atoms with Crippen molar-refractivity contribution in [3.05, 3.63) is 11.1 Å². The van der Waals surface area contributed by atoms with Gasteiger partial charge in [-0.2, -0.15) is 0 Å². The standard InChI is InChI=1S/C10H19BrN2O2/c1-8(11)7-12-5-6-13-9(14)15-10(2,3)4/h12H,1,5-7H2,2-4H3,(H,13,14). The molecule has 0 saturated carbocycles. The maximum atomic E-state index is 11.2. The first kappa shape index (κ1) is 14.5. The van der Waals surface area contributed by atoms with Crippen LogP contribution >= 0.6 is 15.9 Å². The molecule has 0 fully saturated rings. The Hall–Kier alpha value is -0.550. The van der Waals surface area contributed by atoms with Crippen molar-refractivity contribution in [2.45, 2.75) is 26.4 Å². The van der Waals surface area contributed by atoms with Gasteiger partial charge in [-0.3, -0.25) is 0 Å². The third kappa shape index (κ3) is 11.4. The highest BCUT2D eigenvalue weighted by molar-refractivity contribution is 9.11. The third-order valence-electron chi connectivity index (χ3n) is 1.29. The summed E-state index contributed by atoms with van der Waals surface area (Å²) < 4.78 is 5.95. The zero-order chi connectivity index (χ0) is 11.9. The van der Waals surface area contributed by atoms with Crippen molar-refractivity contribution in [3.8, 4) is 0 Å². The second kappa shape index (κ2) is 6.85. The van der Waals surface area contributed by atoms with Crippen LogP contribution in [0.5, 0.6) is 0 Å². The van der Waals surface area contributed by atoms with Crippen molar-refractivity contribution < 1.29 is 9.53 Å². The Morgan fingerprint density at radius 2 is 2.00 bits per heavy atom. The van der Waals surface area contributed by atoms with E-state index in [1.165, 1.54) is 0 Å². The number of carbonyl (C=O) groups is 1. The van der Waals surface area contributed by atoms with Gasteiger partial charge < -0.3 is 15.4 Å². The maximum Gasteiger partial charge on any atom is 0.407 e. The van der Waals surface area contributed by atoms with Gasteiger partial charge in [0.15, 0.2) is 0 Å². The minimum Gasteiger partial charge on any atom is -0.444 e. The fourth-order valence-electron chi connectivity index (χ4n) is 0.791. The Kier molecular flexibility index (Phi) is 6.60. The van der Waals surface area contributed by atoms with Crippen LogP contribution in [-0.4, -0.2) is 31.3 Å². The van der Waals surface area contributed by atoms with Gasteiger partial charge in [0.1, 0.15) is 5.60 Å². The second-order valence-electron chi connectivity index (χ2n) is 4.12. The van der Waals surface area contributed by atoms with Crippen LogP contribution in [-0.2, 0) is 4.74 Å². The molecule has 0 aromatic heterocycles. The van der Waals surface area contributed by atoms with E-state index in [1.54, 1.807) is 0 Å². The summed E-state index contributed by atoms with van der Waals surface area (Å²) in [5, 5.41) is 5.73. The zero-order valence-electron chi connectivity index (χ0n) is 9.52. The predicted molar refractivity (Wildman–Crippen MR) is 65.2 cm³/mol. The first-order valence-corrected chi connectivity index (χ1v) is 5.61. The van der Waals surface area contributed by atoms with Crippen LogP contribution in [0.3, 0.4) is 0 Å². The number of hydrogen-bond acceptors (Lipinski definition) is 3. The van der Waals surface area contributed by atoms with Crippen molar-refractivity contribution in [1.82, 2.24) is 10.6 Å². The lowest BCUT2D eigenvalue weighted by molar-refractivity contribution is 0.0528. The van der Waals surface area contributed by atoms with Gasteiger partial charge in [0.25, 0.3) is 0 Å². The fraction of sp³-hybridized carbons (Fsp3) is 0.700. The van der Waals surface area contributed by atoms with Crippen LogP contribution in [0.2, 0.25) is 0 Å². The van der Waals surface area contributed by atoms with Gasteiger partial charge in [-0.25, -0.2) is 4.79 Å². The fourth-order valence-corrected chi connectivity index (χ4v) is 0.989. The second-order valence-corrected chi connectivity index (χ2v) is 5.24. The van der Waals surface area contributed by atoms with E-state index >= 15 is 0 Å². The highest BCUT2D eigenvalue weighted by Gasteiger charge is 2.15. The van der Waals surface area contributed by atoms with E-state index in [4.69, 9.17) is 4.74 Å². The highest BCUT2D eigenvalue weighted by Crippen LogP contribution is 2.05. The SMILES string of the molecule is C=C(Br)CNCCNC(=O)OC(C)(C)C. The number of rotatable bonds is 5. The molecule has 0 atom stereocenters. The molecule has 0 aliphatic rings. The summed E-state index contributed by atoms with van der Waals surface area (Å²) in [7, 11) is 0. The van der Waals surface area contributed by atoms with Crippen molar-refractivity contribution in [2.24, 2.45) is 0 Å². The molecule has 0 aromatic carbocycles. The van der Waals surface area contributed by atoms with Gasteiger partial charge in [-0.05, 0) is 20.8 Å². The molecule has 0 aromatic rings. The van der Waals surface area contributed by atoms with Crippen LogP contribution < -0.4 is 10.6 Å². The van der Waals surface area contributed by atoms with Gasteiger partial charge in [-0.1, -0.05) is 22.5 Å². The first-order valence-electron chi connectivity index (χ1n) is 4.82. The lowest BCUT2D eigenvalue weighted by atomic mass is 10.2. The largest absolute Gasteiger partial charge is 0.444 e. The molecule has 1 amide bonds. The molecule has 5 heteroatoms. The monoisotopic (exact) mass is 278 g/mol. The Bertz CT molecular complexity index is 224. The topological polar surface area (TPSA) is 50.4 Å². The van der Waals surface area contributed by atoms with Crippen LogP contribution in [0.4, 0.5) is 4.79 Å². The van der Waals surface area contributed by atoms with Gasteiger partial charge in [0.2, 0.25) is 0 Å². The van der Waals surface area contributed by atoms with Crippen molar-refractivity contribution in [3.63, 3.8) is 0 Å². The number of carbonyl (C=O) groups excluding carboxylic acids is 1. The molecule has 0 unspecified atom stereocenters. The summed E-state index contributed by atoms with van der Waals surface area (Å²) in [5.41, 5.74) is -0.443. The van der Waals surface area contributed by atoms with Crippen LogP contribution in [0.1, 0.15) is 20.8 Å². The number of amides is 1. The molecule has 0 spiro atoms. The van der Waals surface area contributed by atoms with E-state index in [1.807, 2.05) is 20.8 Å². The van der Waals surface area contributed by atoms with Gasteiger partial charge in [0, 0.05) is 24.1 Å². The summed E-state index contributed by atoms with van der Waals surface area (Å²) in [6.07, 6.45) is -0.387. The van der Waals surface area contributed by atoms with E-state index in [-0.39, 0.29) is 6.09 Å². The summed E-state index contributed by atoms with van der Waals surface area (Å²) in [4.78, 5) is 11.2. The molecule has 0 bridgehead atoms. The minimum atomic E-state index is -0.443. The Morgan fingerprint density at radius 1 is 1.40 bits per heavy atom. The predicted octanol–water partition coefficient (Wildman–Crippen LogP) is 2.01. The van der Waals surface area contributed by atoms with Gasteiger partial charge in [0.05, 0.1) is 0 Å². The van der Waals surface area contributed by atoms with E-state index in [2.05, 4.69) is 33.1 Å². The van der Waals surface area contributed by atoms with E-state index in [0.29, 0.717) is 19.6 Å². The molecular formula is C10H19BrN2O2. The molecule has 0 saturated heterocycles. The molecule has 2 N–H and O–H groups in total. The van der Waals surface area contributed by atoms with Crippen molar-refractivity contribution in [1.29, 1.82) is 0 Å². The summed E-state index contributed by atoms with van der Waals surface area (Å²) in [5.74, 6) is 0. The smallest absolute Gasteiger partial charge is 0.407 e. The average Bonchev–Trinajstić information content (AvgIpc) is 1.99. The Labute approximate surface area is 99.6 Å². The molecule has 0 rings (SSSR count). The molecule has 88 valence electrons. The van der Waals surface area contributed by atoms with Crippen LogP contribution in [0.15, 0.2) is 11.1 Å². The summed E-state index contributed by atoms with van der Waals surface area (Å²) in [6, 6.07) is 0. The molecule has 15 heavy (non-hydrogen) atoms. The van der Waals surface area contributed by atoms with Crippen LogP contribution in [0.25, 0.3) is 0 Å². The number of alkyl carbamates (subject to hydrolysis) is 1. The average molecular weight is 279 g/mol.